The third kappa shape index (κ3) is 4.90. The standard InChI is InChI=1S/C23H19N3O4S2/c1-30-20-11-10-15(12-19(20)26(28)29)13-31-14-22(27)24-17-7-3-2-6-16(17)23-25-18-8-4-5-9-21(18)32-23/h2-12H,13-14H2,1H3,(H,24,27). The van der Waals surface area contributed by atoms with Crippen LogP contribution in [0.25, 0.3) is 20.8 Å². The van der Waals surface area contributed by atoms with E-state index in [2.05, 4.69) is 10.3 Å². The van der Waals surface area contributed by atoms with Crippen molar-refractivity contribution < 1.29 is 14.5 Å². The van der Waals surface area contributed by atoms with Crippen molar-refractivity contribution in [2.75, 3.05) is 18.2 Å². The normalized spacial score (nSPS) is 10.8. The lowest BCUT2D eigenvalue weighted by Gasteiger charge is -2.09. The fourth-order valence-corrected chi connectivity index (χ4v) is 4.96. The Balaban J connectivity index is 1.41. The van der Waals surface area contributed by atoms with Gasteiger partial charge in [0.1, 0.15) is 5.01 Å². The first-order chi connectivity index (χ1) is 15.5. The molecule has 3 aromatic carbocycles. The molecule has 0 atom stereocenters. The third-order valence-electron chi connectivity index (χ3n) is 4.67. The van der Waals surface area contributed by atoms with E-state index in [0.29, 0.717) is 11.4 Å². The number of nitro benzene ring substituents is 1. The van der Waals surface area contributed by atoms with Crippen LogP contribution in [0.4, 0.5) is 11.4 Å². The number of nitrogens with one attached hydrogen (secondary N) is 1. The van der Waals surface area contributed by atoms with Gasteiger partial charge in [-0.05, 0) is 35.9 Å². The van der Waals surface area contributed by atoms with Crippen LogP contribution in [0, 0.1) is 10.1 Å². The van der Waals surface area contributed by atoms with Crippen molar-refractivity contribution in [2.45, 2.75) is 5.75 Å². The molecule has 0 bridgehead atoms. The molecule has 0 saturated heterocycles. The first-order valence-electron chi connectivity index (χ1n) is 9.69. The Morgan fingerprint density at radius 3 is 2.72 bits per heavy atom. The number of hydrogen-bond acceptors (Lipinski definition) is 7. The van der Waals surface area contributed by atoms with E-state index in [0.717, 1.165) is 26.4 Å². The van der Waals surface area contributed by atoms with E-state index < -0.39 is 4.92 Å². The maximum absolute atomic E-state index is 12.6. The van der Waals surface area contributed by atoms with E-state index in [9.17, 15) is 14.9 Å². The molecule has 9 heteroatoms. The molecule has 0 radical (unpaired) electrons. The van der Waals surface area contributed by atoms with Gasteiger partial charge in [-0.1, -0.05) is 30.3 Å². The molecular weight excluding hydrogens is 446 g/mol. The van der Waals surface area contributed by atoms with Crippen molar-refractivity contribution in [3.8, 4) is 16.3 Å². The van der Waals surface area contributed by atoms with Crippen LogP contribution in [0.3, 0.4) is 0 Å². The predicted octanol–water partition coefficient (Wildman–Crippen LogP) is 5.75. The van der Waals surface area contributed by atoms with Crippen molar-refractivity contribution in [1.29, 1.82) is 0 Å². The SMILES string of the molecule is COc1ccc(CSCC(=O)Nc2ccccc2-c2nc3ccccc3s2)cc1[N+](=O)[O-]. The van der Waals surface area contributed by atoms with Crippen LogP contribution >= 0.6 is 23.1 Å². The van der Waals surface area contributed by atoms with Gasteiger partial charge in [-0.25, -0.2) is 4.98 Å². The van der Waals surface area contributed by atoms with Gasteiger partial charge in [-0.2, -0.15) is 0 Å². The number of amides is 1. The fourth-order valence-electron chi connectivity index (χ4n) is 3.18. The molecule has 1 N–H and O–H groups in total. The van der Waals surface area contributed by atoms with Gasteiger partial charge in [-0.15, -0.1) is 23.1 Å². The zero-order valence-electron chi connectivity index (χ0n) is 17.1. The van der Waals surface area contributed by atoms with Gasteiger partial charge in [0, 0.05) is 17.4 Å². The Hall–Kier alpha value is -3.43. The number of rotatable bonds is 8. The second-order valence-electron chi connectivity index (χ2n) is 6.84. The third-order valence-corrected chi connectivity index (χ3v) is 6.74. The molecule has 0 aliphatic carbocycles. The monoisotopic (exact) mass is 465 g/mol. The fraction of sp³-hybridized carbons (Fsp3) is 0.130. The average molecular weight is 466 g/mol. The van der Waals surface area contributed by atoms with Crippen LogP contribution in [-0.2, 0) is 10.5 Å². The summed E-state index contributed by atoms with van der Waals surface area (Å²) in [5.74, 6) is 0.755. The highest BCUT2D eigenvalue weighted by atomic mass is 32.2. The molecule has 7 nitrogen and oxygen atoms in total. The number of carbonyl (C=O) groups excluding carboxylic acids is 1. The number of anilines is 1. The first kappa shape index (κ1) is 21.8. The molecular formula is C23H19N3O4S2. The molecule has 1 heterocycles. The molecule has 0 spiro atoms. The highest BCUT2D eigenvalue weighted by Crippen LogP contribution is 2.34. The van der Waals surface area contributed by atoms with Crippen LogP contribution in [0.2, 0.25) is 0 Å². The minimum atomic E-state index is -0.474. The number of carbonyl (C=O) groups is 1. The molecule has 4 rings (SSSR count). The molecule has 32 heavy (non-hydrogen) atoms. The van der Waals surface area contributed by atoms with Gasteiger partial charge in [-0.3, -0.25) is 14.9 Å². The molecule has 0 aliphatic rings. The van der Waals surface area contributed by atoms with Crippen LogP contribution in [-0.4, -0.2) is 28.7 Å². The van der Waals surface area contributed by atoms with Gasteiger partial charge >= 0.3 is 5.69 Å². The summed E-state index contributed by atoms with van der Waals surface area (Å²) in [6.07, 6.45) is 0. The molecule has 4 aromatic rings. The lowest BCUT2D eigenvalue weighted by Crippen LogP contribution is -2.14. The van der Waals surface area contributed by atoms with Crippen molar-refractivity contribution in [3.05, 3.63) is 82.4 Å². The summed E-state index contributed by atoms with van der Waals surface area (Å²) in [4.78, 5) is 27.9. The molecule has 0 saturated carbocycles. The zero-order chi connectivity index (χ0) is 22.5. The van der Waals surface area contributed by atoms with Crippen LogP contribution in [0.15, 0.2) is 66.7 Å². The number of aromatic nitrogens is 1. The Bertz CT molecular complexity index is 1260. The number of ether oxygens (including phenoxy) is 1. The second kappa shape index (κ2) is 9.80. The highest BCUT2D eigenvalue weighted by Gasteiger charge is 2.16. The van der Waals surface area contributed by atoms with Crippen LogP contribution < -0.4 is 10.1 Å². The number of nitrogens with zero attached hydrogens (tertiary/aromatic N) is 2. The molecule has 1 aromatic heterocycles. The van der Waals surface area contributed by atoms with E-state index in [1.54, 1.807) is 23.5 Å². The number of para-hydroxylation sites is 2. The average Bonchev–Trinajstić information content (AvgIpc) is 3.23. The maximum Gasteiger partial charge on any atom is 0.311 e. The molecule has 0 fully saturated rings. The van der Waals surface area contributed by atoms with Gasteiger partial charge in [0.05, 0.1) is 33.7 Å². The summed E-state index contributed by atoms with van der Waals surface area (Å²) < 4.78 is 6.11. The number of fused-ring (bicyclic) bond motifs is 1. The summed E-state index contributed by atoms with van der Waals surface area (Å²) in [7, 11) is 1.40. The largest absolute Gasteiger partial charge is 0.490 e. The van der Waals surface area contributed by atoms with Crippen molar-refractivity contribution in [2.24, 2.45) is 0 Å². The second-order valence-corrected chi connectivity index (χ2v) is 8.85. The van der Waals surface area contributed by atoms with E-state index in [1.165, 1.54) is 24.9 Å². The number of benzene rings is 3. The lowest BCUT2D eigenvalue weighted by atomic mass is 10.2. The quantitative estimate of drug-likeness (QED) is 0.263. The molecule has 162 valence electrons. The molecule has 0 aliphatic heterocycles. The van der Waals surface area contributed by atoms with Gasteiger partial charge < -0.3 is 10.1 Å². The summed E-state index contributed by atoms with van der Waals surface area (Å²) in [6.45, 7) is 0. The van der Waals surface area contributed by atoms with E-state index in [4.69, 9.17) is 4.74 Å². The van der Waals surface area contributed by atoms with Gasteiger partial charge in [0.15, 0.2) is 5.75 Å². The number of thiazole rings is 1. The summed E-state index contributed by atoms with van der Waals surface area (Å²) >= 11 is 2.97. The van der Waals surface area contributed by atoms with Crippen molar-refractivity contribution >= 4 is 50.6 Å². The summed E-state index contributed by atoms with van der Waals surface area (Å²) in [5.41, 5.74) is 3.18. The van der Waals surface area contributed by atoms with E-state index >= 15 is 0 Å². The highest BCUT2D eigenvalue weighted by molar-refractivity contribution is 7.99. The molecule has 0 unspecified atom stereocenters. The molecule has 1 amide bonds. The Morgan fingerprint density at radius 1 is 1.16 bits per heavy atom. The van der Waals surface area contributed by atoms with Crippen molar-refractivity contribution in [1.82, 2.24) is 4.98 Å². The minimum absolute atomic E-state index is 0.0835. The Labute approximate surface area is 192 Å². The van der Waals surface area contributed by atoms with Gasteiger partial charge in [0.2, 0.25) is 5.91 Å². The Kier molecular flexibility index (Phi) is 6.67. The summed E-state index contributed by atoms with van der Waals surface area (Å²) in [6, 6.07) is 20.3. The maximum atomic E-state index is 12.6. The number of hydrogen-bond donors (Lipinski definition) is 1. The smallest absolute Gasteiger partial charge is 0.311 e. The number of nitro groups is 1. The Morgan fingerprint density at radius 2 is 1.94 bits per heavy atom. The van der Waals surface area contributed by atoms with Crippen LogP contribution in [0.5, 0.6) is 5.75 Å². The topological polar surface area (TPSA) is 94.4 Å². The summed E-state index contributed by atoms with van der Waals surface area (Å²) in [5, 5.41) is 15.0. The number of thioether (sulfide) groups is 1. The van der Waals surface area contributed by atoms with Gasteiger partial charge in [0.25, 0.3) is 0 Å². The zero-order valence-corrected chi connectivity index (χ0v) is 18.7. The first-order valence-corrected chi connectivity index (χ1v) is 11.7. The van der Waals surface area contributed by atoms with E-state index in [1.807, 2.05) is 48.5 Å². The number of methoxy groups -OCH3 is 1. The minimum Gasteiger partial charge on any atom is -0.490 e. The van der Waals surface area contributed by atoms with Crippen LogP contribution in [0.1, 0.15) is 5.56 Å². The van der Waals surface area contributed by atoms with E-state index in [-0.39, 0.29) is 23.1 Å². The predicted molar refractivity (Wildman–Crippen MR) is 129 cm³/mol. The lowest BCUT2D eigenvalue weighted by molar-refractivity contribution is -0.385. The van der Waals surface area contributed by atoms with Crippen molar-refractivity contribution in [3.63, 3.8) is 0 Å².